The fraction of sp³-hybridized carbons (Fsp3) is 0.900. The van der Waals surface area contributed by atoms with Gasteiger partial charge in [-0.3, -0.25) is 4.79 Å². The number of hydrogen-bond donors (Lipinski definition) is 2. The molecule has 3 nitrogen and oxygen atoms in total. The Balaban J connectivity index is 2.56. The molecule has 2 N–H and O–H groups in total. The summed E-state index contributed by atoms with van der Waals surface area (Å²) in [6.45, 7) is 4.98. The molecule has 0 aromatic rings. The monoisotopic (exact) mass is 217 g/mol. The Kier molecular flexibility index (Phi) is 4.26. The van der Waals surface area contributed by atoms with Crippen molar-refractivity contribution in [3.63, 3.8) is 0 Å². The maximum Gasteiger partial charge on any atom is 0.323 e. The molecule has 1 saturated heterocycles. The number of nitrogens with one attached hydrogen (secondary N) is 1. The molecule has 1 rings (SSSR count). The molecule has 0 saturated carbocycles. The highest BCUT2D eigenvalue weighted by Gasteiger charge is 2.39. The summed E-state index contributed by atoms with van der Waals surface area (Å²) in [4.78, 5) is 11.2. The zero-order chi connectivity index (χ0) is 10.6. The molecule has 1 aliphatic heterocycles. The minimum atomic E-state index is -0.682. The van der Waals surface area contributed by atoms with Crippen LogP contribution in [0, 0.1) is 5.92 Å². The van der Waals surface area contributed by atoms with Crippen LogP contribution in [0.2, 0.25) is 0 Å². The van der Waals surface area contributed by atoms with Crippen molar-refractivity contribution in [2.75, 3.05) is 18.1 Å². The van der Waals surface area contributed by atoms with E-state index in [0.717, 1.165) is 30.9 Å². The van der Waals surface area contributed by atoms with Gasteiger partial charge in [0.15, 0.2) is 0 Å². The van der Waals surface area contributed by atoms with Gasteiger partial charge in [0.25, 0.3) is 0 Å². The Labute approximate surface area is 89.6 Å². The van der Waals surface area contributed by atoms with Gasteiger partial charge in [-0.15, -0.1) is 0 Å². The molecule has 0 spiro atoms. The van der Waals surface area contributed by atoms with Crippen LogP contribution in [0.1, 0.15) is 26.7 Å². The summed E-state index contributed by atoms with van der Waals surface area (Å²) >= 11 is 1.85. The molecule has 82 valence electrons. The lowest BCUT2D eigenvalue weighted by Crippen LogP contribution is -2.55. The number of hydrogen-bond acceptors (Lipinski definition) is 3. The summed E-state index contributed by atoms with van der Waals surface area (Å²) in [6, 6.07) is 0. The summed E-state index contributed by atoms with van der Waals surface area (Å²) in [5.74, 6) is 1.73. The lowest BCUT2D eigenvalue weighted by Gasteiger charge is -2.34. The molecule has 4 heteroatoms. The summed E-state index contributed by atoms with van der Waals surface area (Å²) in [6.07, 6.45) is 1.50. The van der Waals surface area contributed by atoms with Crippen molar-refractivity contribution in [2.24, 2.45) is 5.92 Å². The largest absolute Gasteiger partial charge is 0.480 e. The lowest BCUT2D eigenvalue weighted by molar-refractivity contribution is -0.145. The third kappa shape index (κ3) is 2.89. The average Bonchev–Trinajstić information content (AvgIpc) is 2.16. The third-order valence-corrected chi connectivity index (χ3v) is 3.59. The SMILES string of the molecule is CC(C)CNC1(C(=O)O)CCSCC1. The molecule has 1 heterocycles. The summed E-state index contributed by atoms with van der Waals surface area (Å²) < 4.78 is 0. The Morgan fingerprint density at radius 2 is 2.07 bits per heavy atom. The third-order valence-electron chi connectivity index (χ3n) is 2.60. The second kappa shape index (κ2) is 5.03. The van der Waals surface area contributed by atoms with E-state index in [0.29, 0.717) is 5.92 Å². The predicted octanol–water partition coefficient (Wildman–Crippen LogP) is 1.58. The molecule has 0 aromatic heterocycles. The fourth-order valence-corrected chi connectivity index (χ4v) is 2.78. The maximum absolute atomic E-state index is 11.2. The average molecular weight is 217 g/mol. The first kappa shape index (κ1) is 11.9. The molecule has 1 fully saturated rings. The van der Waals surface area contributed by atoms with E-state index in [1.807, 2.05) is 11.8 Å². The van der Waals surface area contributed by atoms with E-state index < -0.39 is 11.5 Å². The van der Waals surface area contributed by atoms with E-state index in [9.17, 15) is 9.90 Å². The normalized spacial score (nSPS) is 21.1. The number of rotatable bonds is 4. The van der Waals surface area contributed by atoms with Crippen LogP contribution in [0.4, 0.5) is 0 Å². The van der Waals surface area contributed by atoms with Crippen LogP contribution in [0.15, 0.2) is 0 Å². The fourth-order valence-electron chi connectivity index (χ4n) is 1.59. The van der Waals surface area contributed by atoms with E-state index in [-0.39, 0.29) is 0 Å². The minimum Gasteiger partial charge on any atom is -0.480 e. The van der Waals surface area contributed by atoms with Gasteiger partial charge in [-0.1, -0.05) is 13.8 Å². The van der Waals surface area contributed by atoms with Gasteiger partial charge in [0.1, 0.15) is 5.54 Å². The second-order valence-corrected chi connectivity index (χ2v) is 5.50. The van der Waals surface area contributed by atoms with E-state index in [1.54, 1.807) is 0 Å². The molecule has 0 amide bonds. The molecule has 0 bridgehead atoms. The molecular formula is C10H19NO2S. The lowest BCUT2D eigenvalue weighted by atomic mass is 9.92. The van der Waals surface area contributed by atoms with Crippen LogP contribution in [0.3, 0.4) is 0 Å². The Morgan fingerprint density at radius 3 is 2.50 bits per heavy atom. The summed E-state index contributed by atoms with van der Waals surface area (Å²) in [7, 11) is 0. The zero-order valence-electron chi connectivity index (χ0n) is 8.88. The molecule has 0 aliphatic carbocycles. The molecule has 14 heavy (non-hydrogen) atoms. The quantitative estimate of drug-likeness (QED) is 0.750. The van der Waals surface area contributed by atoms with Crippen molar-refractivity contribution in [3.8, 4) is 0 Å². The second-order valence-electron chi connectivity index (χ2n) is 4.27. The summed E-state index contributed by atoms with van der Waals surface area (Å²) in [5.41, 5.74) is -0.643. The van der Waals surface area contributed by atoms with Crippen molar-refractivity contribution in [2.45, 2.75) is 32.2 Å². The Hall–Kier alpha value is -0.220. The van der Waals surface area contributed by atoms with Crippen LogP contribution in [-0.2, 0) is 4.79 Å². The maximum atomic E-state index is 11.2. The number of carboxylic acid groups (broad SMARTS) is 1. The molecule has 0 radical (unpaired) electrons. The topological polar surface area (TPSA) is 49.3 Å². The number of carbonyl (C=O) groups is 1. The minimum absolute atomic E-state index is 0.501. The van der Waals surface area contributed by atoms with Gasteiger partial charge in [0.2, 0.25) is 0 Å². The van der Waals surface area contributed by atoms with Crippen molar-refractivity contribution in [3.05, 3.63) is 0 Å². The van der Waals surface area contributed by atoms with Gasteiger partial charge in [-0.2, -0.15) is 11.8 Å². The number of thioether (sulfide) groups is 1. The Bertz CT molecular complexity index is 200. The van der Waals surface area contributed by atoms with Gasteiger partial charge in [0, 0.05) is 0 Å². The Morgan fingerprint density at radius 1 is 1.50 bits per heavy atom. The predicted molar refractivity (Wildman–Crippen MR) is 59.8 cm³/mol. The first-order chi connectivity index (χ1) is 6.57. The van der Waals surface area contributed by atoms with Gasteiger partial charge < -0.3 is 10.4 Å². The van der Waals surface area contributed by atoms with E-state index >= 15 is 0 Å². The van der Waals surface area contributed by atoms with E-state index in [4.69, 9.17) is 0 Å². The van der Waals surface area contributed by atoms with Gasteiger partial charge in [0.05, 0.1) is 0 Å². The van der Waals surface area contributed by atoms with Crippen molar-refractivity contribution in [1.29, 1.82) is 0 Å². The highest BCUT2D eigenvalue weighted by molar-refractivity contribution is 7.99. The van der Waals surface area contributed by atoms with Gasteiger partial charge >= 0.3 is 5.97 Å². The van der Waals surface area contributed by atoms with Gasteiger partial charge in [-0.05, 0) is 36.8 Å². The highest BCUT2D eigenvalue weighted by atomic mass is 32.2. The van der Waals surface area contributed by atoms with Crippen LogP contribution in [0.25, 0.3) is 0 Å². The van der Waals surface area contributed by atoms with E-state index in [1.165, 1.54) is 0 Å². The molecule has 0 unspecified atom stereocenters. The number of aliphatic carboxylic acids is 1. The molecule has 0 aromatic carbocycles. The molecular weight excluding hydrogens is 198 g/mol. The molecule has 0 atom stereocenters. The van der Waals surface area contributed by atoms with Crippen LogP contribution in [0.5, 0.6) is 0 Å². The highest BCUT2D eigenvalue weighted by Crippen LogP contribution is 2.27. The first-order valence-electron chi connectivity index (χ1n) is 5.13. The van der Waals surface area contributed by atoms with Crippen molar-refractivity contribution >= 4 is 17.7 Å². The zero-order valence-corrected chi connectivity index (χ0v) is 9.69. The smallest absolute Gasteiger partial charge is 0.323 e. The van der Waals surface area contributed by atoms with Crippen LogP contribution >= 0.6 is 11.8 Å². The molecule has 1 aliphatic rings. The number of carboxylic acids is 1. The summed E-state index contributed by atoms with van der Waals surface area (Å²) in [5, 5.41) is 12.5. The van der Waals surface area contributed by atoms with E-state index in [2.05, 4.69) is 19.2 Å². The van der Waals surface area contributed by atoms with Crippen LogP contribution < -0.4 is 5.32 Å². The first-order valence-corrected chi connectivity index (χ1v) is 6.28. The van der Waals surface area contributed by atoms with Gasteiger partial charge in [-0.25, -0.2) is 0 Å². The standard InChI is InChI=1S/C10H19NO2S/c1-8(2)7-11-10(9(12)13)3-5-14-6-4-10/h8,11H,3-7H2,1-2H3,(H,12,13). The van der Waals surface area contributed by atoms with Crippen LogP contribution in [-0.4, -0.2) is 34.7 Å². The van der Waals surface area contributed by atoms with Crippen molar-refractivity contribution in [1.82, 2.24) is 5.32 Å². The van der Waals surface area contributed by atoms with Crippen molar-refractivity contribution < 1.29 is 9.90 Å².